The van der Waals surface area contributed by atoms with Crippen LogP contribution in [0.3, 0.4) is 0 Å². The van der Waals surface area contributed by atoms with Crippen LogP contribution in [-0.2, 0) is 9.53 Å². The van der Waals surface area contributed by atoms with Gasteiger partial charge in [-0.05, 0) is 55.8 Å². The van der Waals surface area contributed by atoms with Crippen molar-refractivity contribution in [2.45, 2.75) is 38.1 Å². The smallest absolute Gasteiger partial charge is 0.251 e. The average molecular weight is 562 g/mol. The fourth-order valence-electron chi connectivity index (χ4n) is 4.89. The third-order valence-corrected chi connectivity index (χ3v) is 7.07. The highest BCUT2D eigenvalue weighted by atomic mass is 19.1. The summed E-state index contributed by atoms with van der Waals surface area (Å²) in [7, 11) is 0. The van der Waals surface area contributed by atoms with E-state index in [4.69, 9.17) is 9.47 Å². The number of amides is 1. The molecule has 12 heteroatoms. The van der Waals surface area contributed by atoms with Gasteiger partial charge in [-0.25, -0.2) is 14.4 Å². The number of aromatic nitrogens is 3. The topological polar surface area (TPSA) is 137 Å². The molecule has 2 aliphatic rings. The lowest BCUT2D eigenvalue weighted by atomic mass is 10.0. The number of aliphatic hydroxyl groups excluding tert-OH is 1. The highest BCUT2D eigenvalue weighted by Gasteiger charge is 2.34. The van der Waals surface area contributed by atoms with E-state index in [0.717, 1.165) is 44.1 Å². The number of alkyl halides is 1. The predicted molar refractivity (Wildman–Crippen MR) is 150 cm³/mol. The van der Waals surface area contributed by atoms with Crippen LogP contribution in [0.15, 0.2) is 48.8 Å². The Morgan fingerprint density at radius 2 is 2.02 bits per heavy atom. The summed E-state index contributed by atoms with van der Waals surface area (Å²) in [4.78, 5) is 28.6. The number of likely N-dealkylation sites (tertiary alicyclic amines) is 1. The van der Waals surface area contributed by atoms with E-state index in [1.165, 1.54) is 18.2 Å². The molecule has 41 heavy (non-hydrogen) atoms. The molecule has 1 unspecified atom stereocenters. The van der Waals surface area contributed by atoms with Crippen LogP contribution in [0.25, 0.3) is 11.4 Å². The maximum Gasteiger partial charge on any atom is 0.251 e. The molecule has 2 fully saturated rings. The lowest BCUT2D eigenvalue weighted by Gasteiger charge is -2.35. The monoisotopic (exact) mass is 561 g/mol. The van der Waals surface area contributed by atoms with Crippen molar-refractivity contribution in [3.63, 3.8) is 0 Å². The van der Waals surface area contributed by atoms with Crippen LogP contribution in [-0.4, -0.2) is 88.6 Å². The number of anilines is 3. The number of aliphatic hydroxyl groups is 1. The van der Waals surface area contributed by atoms with Crippen LogP contribution >= 0.6 is 0 Å². The molecule has 2 aromatic carbocycles. The number of ether oxygens (including phenoxy) is 2. The molecule has 1 aromatic heterocycles. The molecule has 2 N–H and O–H groups in total. The maximum absolute atomic E-state index is 14.8. The van der Waals surface area contributed by atoms with Crippen molar-refractivity contribution in [1.82, 2.24) is 19.9 Å². The van der Waals surface area contributed by atoms with E-state index in [1.807, 2.05) is 24.3 Å². The lowest BCUT2D eigenvalue weighted by molar-refractivity contribution is -0.143. The molecule has 214 valence electrons. The van der Waals surface area contributed by atoms with E-state index in [-0.39, 0.29) is 30.8 Å². The molecular weight excluding hydrogens is 529 g/mol. The van der Waals surface area contributed by atoms with Crippen molar-refractivity contribution in [2.75, 3.05) is 49.6 Å². The summed E-state index contributed by atoms with van der Waals surface area (Å²) in [5.41, 5.74) is 2.73. The largest absolute Gasteiger partial charge is 0.486 e. The fraction of sp³-hybridized carbons (Fsp3) is 0.414. The Balaban J connectivity index is 1.25. The van der Waals surface area contributed by atoms with Gasteiger partial charge in [0, 0.05) is 49.6 Å². The van der Waals surface area contributed by atoms with Gasteiger partial charge in [0.1, 0.15) is 30.4 Å². The van der Waals surface area contributed by atoms with Gasteiger partial charge in [0.2, 0.25) is 5.95 Å². The number of benzene rings is 2. The molecule has 0 bridgehead atoms. The zero-order valence-corrected chi connectivity index (χ0v) is 22.7. The Hall–Kier alpha value is -4.34. The van der Waals surface area contributed by atoms with Crippen LogP contribution in [0.1, 0.15) is 25.3 Å². The highest BCUT2D eigenvalue weighted by molar-refractivity contribution is 5.80. The molecule has 3 aromatic rings. The second kappa shape index (κ2) is 12.9. The van der Waals surface area contributed by atoms with Gasteiger partial charge in [0.15, 0.2) is 12.0 Å². The van der Waals surface area contributed by atoms with E-state index in [9.17, 15) is 19.6 Å². The Morgan fingerprint density at radius 3 is 2.78 bits per heavy atom. The van der Waals surface area contributed by atoms with E-state index in [1.54, 1.807) is 18.2 Å². The van der Waals surface area contributed by atoms with Crippen molar-refractivity contribution in [3.8, 4) is 23.2 Å². The molecule has 0 radical (unpaired) electrons. The van der Waals surface area contributed by atoms with Crippen molar-refractivity contribution in [3.05, 3.63) is 54.4 Å². The van der Waals surface area contributed by atoms with E-state index < -0.39 is 24.3 Å². The number of nitrogens with one attached hydrogen (secondary N) is 1. The zero-order chi connectivity index (χ0) is 28.8. The second-order valence-corrected chi connectivity index (χ2v) is 10.0. The number of nitrogens with zero attached hydrogens (tertiary/aromatic N) is 6. The summed E-state index contributed by atoms with van der Waals surface area (Å²) in [5.74, 6) is 0.436. The molecule has 3 atom stereocenters. The number of rotatable bonds is 7. The zero-order valence-electron chi connectivity index (χ0n) is 22.7. The summed E-state index contributed by atoms with van der Waals surface area (Å²) >= 11 is 0. The van der Waals surface area contributed by atoms with Gasteiger partial charge in [-0.15, -0.1) is 0 Å². The van der Waals surface area contributed by atoms with Crippen LogP contribution in [0, 0.1) is 11.3 Å². The van der Waals surface area contributed by atoms with Crippen LogP contribution in [0.2, 0.25) is 0 Å². The van der Waals surface area contributed by atoms with Gasteiger partial charge < -0.3 is 29.7 Å². The predicted octanol–water partition coefficient (Wildman–Crippen LogP) is 3.08. The number of halogens is 1. The van der Waals surface area contributed by atoms with Gasteiger partial charge in [0.05, 0.1) is 18.7 Å². The Bertz CT molecular complexity index is 1390. The first kappa shape index (κ1) is 28.2. The van der Waals surface area contributed by atoms with Gasteiger partial charge >= 0.3 is 0 Å². The van der Waals surface area contributed by atoms with E-state index in [0.29, 0.717) is 17.3 Å². The summed E-state index contributed by atoms with van der Waals surface area (Å²) < 4.78 is 26.2. The van der Waals surface area contributed by atoms with Crippen LogP contribution < -0.4 is 15.0 Å². The molecule has 2 aliphatic heterocycles. The molecule has 3 heterocycles. The number of piperidine rings is 1. The number of hydrogen-bond donors (Lipinski definition) is 2. The summed E-state index contributed by atoms with van der Waals surface area (Å²) in [6.07, 6.45) is -0.837. The highest BCUT2D eigenvalue weighted by Crippen LogP contribution is 2.29. The maximum atomic E-state index is 14.8. The van der Waals surface area contributed by atoms with Crippen molar-refractivity contribution in [1.29, 1.82) is 5.26 Å². The Morgan fingerprint density at radius 1 is 1.20 bits per heavy atom. The SMILES string of the molecule is CC(O)C(=O)N1CC[C@H](Oc2ccc(-c3ncnc(Nc4ccc(N5CCCOCC5)cc4)n3)cc2C#N)[C@H](F)C1. The summed E-state index contributed by atoms with van der Waals surface area (Å²) in [6.45, 7) is 4.76. The molecular formula is C29H32FN7O4. The first-order valence-corrected chi connectivity index (χ1v) is 13.6. The van der Waals surface area contributed by atoms with Gasteiger partial charge in [0.25, 0.3) is 5.91 Å². The Kier molecular flexibility index (Phi) is 8.86. The number of nitriles is 1. The standard InChI is InChI=1S/C29H32FN7O4/c1-19(38)28(39)37-11-9-26(24(30)17-37)41-25-8-3-20(15-21(25)16-31)27-32-18-33-29(35-27)34-22-4-6-23(7-5-22)36-10-2-13-40-14-12-36/h3-8,15,18-19,24,26,38H,2,9-14,17H2,1H3,(H,32,33,34,35)/t19?,24-,26+/m1/s1. The first-order valence-electron chi connectivity index (χ1n) is 13.6. The summed E-state index contributed by atoms with van der Waals surface area (Å²) in [6, 6.07) is 15.0. The van der Waals surface area contributed by atoms with E-state index >= 15 is 0 Å². The van der Waals surface area contributed by atoms with Crippen molar-refractivity contribution < 1.29 is 23.8 Å². The normalized spacial score (nSPS) is 20.0. The van der Waals surface area contributed by atoms with Gasteiger partial charge in [-0.3, -0.25) is 4.79 Å². The summed E-state index contributed by atoms with van der Waals surface area (Å²) in [5, 5.41) is 22.5. The molecule has 2 saturated heterocycles. The quantitative estimate of drug-likeness (QED) is 0.443. The molecule has 1 amide bonds. The average Bonchev–Trinajstić information content (AvgIpc) is 3.28. The van der Waals surface area contributed by atoms with E-state index in [2.05, 4.69) is 31.2 Å². The van der Waals surface area contributed by atoms with Crippen LogP contribution in [0.4, 0.5) is 21.7 Å². The molecule has 0 saturated carbocycles. The third-order valence-electron chi connectivity index (χ3n) is 7.07. The first-order chi connectivity index (χ1) is 19.9. The number of hydrogen-bond acceptors (Lipinski definition) is 10. The molecule has 5 rings (SSSR count). The molecule has 0 aliphatic carbocycles. The van der Waals surface area contributed by atoms with Gasteiger partial charge in [-0.1, -0.05) is 0 Å². The third kappa shape index (κ3) is 6.87. The fourth-order valence-corrected chi connectivity index (χ4v) is 4.89. The Labute approximate surface area is 237 Å². The second-order valence-electron chi connectivity index (χ2n) is 10.0. The molecule has 11 nitrogen and oxygen atoms in total. The lowest BCUT2D eigenvalue weighted by Crippen LogP contribution is -2.51. The minimum Gasteiger partial charge on any atom is -0.486 e. The van der Waals surface area contributed by atoms with Crippen LogP contribution in [0.5, 0.6) is 5.75 Å². The molecule has 0 spiro atoms. The minimum absolute atomic E-state index is 0.176. The number of carbonyl (C=O) groups excluding carboxylic acids is 1. The van der Waals surface area contributed by atoms with Gasteiger partial charge in [-0.2, -0.15) is 10.2 Å². The number of carbonyl (C=O) groups is 1. The minimum atomic E-state index is -1.46. The van der Waals surface area contributed by atoms with Crippen molar-refractivity contribution in [2.24, 2.45) is 0 Å². The van der Waals surface area contributed by atoms with Crippen molar-refractivity contribution >= 4 is 23.2 Å².